The zero-order valence-electron chi connectivity index (χ0n) is 15.5. The second-order valence-corrected chi connectivity index (χ2v) is 8.88. The fourth-order valence-electron chi connectivity index (χ4n) is 3.91. The minimum Gasteiger partial charge on any atom is -0.495 e. The molecule has 0 amide bonds. The Labute approximate surface area is 159 Å². The molecule has 2 aliphatic heterocycles. The van der Waals surface area contributed by atoms with E-state index in [0.717, 1.165) is 37.6 Å². The molecule has 0 bridgehead atoms. The van der Waals surface area contributed by atoms with Gasteiger partial charge in [-0.15, -0.1) is 10.2 Å². The number of hydrogen-bond donors (Lipinski definition) is 1. The molecular weight excluding hydrogens is 366 g/mol. The Morgan fingerprint density at radius 2 is 2.04 bits per heavy atom. The fourth-order valence-corrected chi connectivity index (χ4v) is 5.50. The number of fused-ring (bicyclic) bond motifs is 1. The molecule has 1 N–H and O–H groups in total. The minimum atomic E-state index is -3.63. The van der Waals surface area contributed by atoms with Crippen molar-refractivity contribution in [2.24, 2.45) is 0 Å². The van der Waals surface area contributed by atoms with E-state index in [9.17, 15) is 8.42 Å². The van der Waals surface area contributed by atoms with Gasteiger partial charge in [0.15, 0.2) is 0 Å². The highest BCUT2D eigenvalue weighted by Crippen LogP contribution is 2.28. The van der Waals surface area contributed by atoms with Crippen LogP contribution in [0, 0.1) is 0 Å². The number of nitrogens with one attached hydrogen (secondary N) is 1. The highest BCUT2D eigenvalue weighted by molar-refractivity contribution is 7.89. The van der Waals surface area contributed by atoms with Gasteiger partial charge in [-0.3, -0.25) is 0 Å². The van der Waals surface area contributed by atoms with E-state index in [0.29, 0.717) is 37.7 Å². The van der Waals surface area contributed by atoms with Crippen molar-refractivity contribution in [1.29, 1.82) is 0 Å². The van der Waals surface area contributed by atoms with Gasteiger partial charge in [-0.1, -0.05) is 12.1 Å². The molecule has 8 nitrogen and oxygen atoms in total. The summed E-state index contributed by atoms with van der Waals surface area (Å²) in [6.45, 7) is 3.31. The number of hydrogen-bond acceptors (Lipinski definition) is 6. The molecule has 0 aliphatic carbocycles. The van der Waals surface area contributed by atoms with Gasteiger partial charge in [-0.25, -0.2) is 8.42 Å². The Bertz CT molecular complexity index is 905. The number of methoxy groups -OCH3 is 1. The van der Waals surface area contributed by atoms with Crippen LogP contribution in [0.3, 0.4) is 0 Å². The molecular formula is C18H25N5O3S. The number of nitrogens with zero attached hydrogens (tertiary/aromatic N) is 4. The van der Waals surface area contributed by atoms with Gasteiger partial charge >= 0.3 is 0 Å². The van der Waals surface area contributed by atoms with E-state index >= 15 is 0 Å². The van der Waals surface area contributed by atoms with Crippen LogP contribution < -0.4 is 10.1 Å². The molecule has 1 aromatic carbocycles. The Kier molecular flexibility index (Phi) is 5.16. The maximum absolute atomic E-state index is 13.2. The molecule has 0 spiro atoms. The van der Waals surface area contributed by atoms with Gasteiger partial charge < -0.3 is 14.6 Å². The van der Waals surface area contributed by atoms with Crippen LogP contribution in [0.15, 0.2) is 29.2 Å². The number of rotatable bonds is 4. The summed E-state index contributed by atoms with van der Waals surface area (Å²) in [5.41, 5.74) is 0. The number of sulfonamides is 1. The van der Waals surface area contributed by atoms with E-state index in [1.807, 2.05) is 0 Å². The molecule has 3 heterocycles. The molecule has 0 unspecified atom stereocenters. The standard InChI is InChI=1S/C18H25N5O3S/c1-26-15-6-2-3-7-16(15)27(24,25)22-10-8-17-20-21-18(23(17)12-11-22)14-5-4-9-19-13-14/h2-3,6-7,14,19H,4-5,8-13H2,1H3/t14-/m1/s1. The third-order valence-electron chi connectivity index (χ3n) is 5.36. The van der Waals surface area contributed by atoms with Crippen molar-refractivity contribution in [3.8, 4) is 5.75 Å². The summed E-state index contributed by atoms with van der Waals surface area (Å²) >= 11 is 0. The third kappa shape index (κ3) is 3.46. The molecule has 1 fully saturated rings. The molecule has 2 aromatic rings. The van der Waals surface area contributed by atoms with Crippen LogP contribution in [0.1, 0.15) is 30.4 Å². The molecule has 4 rings (SSSR count). The highest BCUT2D eigenvalue weighted by Gasteiger charge is 2.31. The highest BCUT2D eigenvalue weighted by atomic mass is 32.2. The Morgan fingerprint density at radius 3 is 2.81 bits per heavy atom. The largest absolute Gasteiger partial charge is 0.495 e. The van der Waals surface area contributed by atoms with Crippen molar-refractivity contribution in [2.45, 2.75) is 36.6 Å². The second kappa shape index (κ2) is 7.57. The number of ether oxygens (including phenoxy) is 1. The summed E-state index contributed by atoms with van der Waals surface area (Å²) in [4.78, 5) is 0.210. The van der Waals surface area contributed by atoms with Gasteiger partial charge in [-0.05, 0) is 31.5 Å². The van der Waals surface area contributed by atoms with E-state index in [2.05, 4.69) is 20.1 Å². The molecule has 0 saturated carbocycles. The predicted octanol–water partition coefficient (Wildman–Crippen LogP) is 1.00. The molecule has 1 atom stereocenters. The lowest BCUT2D eigenvalue weighted by Gasteiger charge is -2.23. The Balaban J connectivity index is 1.57. The first-order chi connectivity index (χ1) is 13.1. The molecule has 2 aliphatic rings. The summed E-state index contributed by atoms with van der Waals surface area (Å²) in [5.74, 6) is 2.56. The lowest BCUT2D eigenvalue weighted by Crippen LogP contribution is -2.34. The van der Waals surface area contributed by atoms with Crippen molar-refractivity contribution < 1.29 is 13.2 Å². The summed E-state index contributed by atoms with van der Waals surface area (Å²) in [6.07, 6.45) is 2.77. The molecule has 1 saturated heterocycles. The van der Waals surface area contributed by atoms with Crippen molar-refractivity contribution in [1.82, 2.24) is 24.4 Å². The average Bonchev–Trinajstić information content (AvgIpc) is 2.99. The summed E-state index contributed by atoms with van der Waals surface area (Å²) in [5, 5.41) is 12.2. The summed E-state index contributed by atoms with van der Waals surface area (Å²) in [7, 11) is -2.14. The van der Waals surface area contributed by atoms with Crippen LogP contribution in [-0.2, 0) is 23.0 Å². The van der Waals surface area contributed by atoms with Gasteiger partial charge in [0.05, 0.1) is 7.11 Å². The van der Waals surface area contributed by atoms with Gasteiger partial charge in [0.2, 0.25) is 10.0 Å². The van der Waals surface area contributed by atoms with E-state index in [1.165, 1.54) is 11.4 Å². The zero-order chi connectivity index (χ0) is 18.9. The molecule has 146 valence electrons. The van der Waals surface area contributed by atoms with Gasteiger partial charge in [-0.2, -0.15) is 4.31 Å². The maximum Gasteiger partial charge on any atom is 0.246 e. The smallest absolute Gasteiger partial charge is 0.246 e. The Hall–Kier alpha value is -1.97. The van der Waals surface area contributed by atoms with E-state index in [-0.39, 0.29) is 4.90 Å². The van der Waals surface area contributed by atoms with Crippen molar-refractivity contribution in [3.05, 3.63) is 35.9 Å². The van der Waals surface area contributed by atoms with Crippen LogP contribution in [0.25, 0.3) is 0 Å². The van der Waals surface area contributed by atoms with Crippen LogP contribution in [-0.4, -0.2) is 60.8 Å². The number of aromatic nitrogens is 3. The van der Waals surface area contributed by atoms with Gasteiger partial charge in [0.25, 0.3) is 0 Å². The van der Waals surface area contributed by atoms with E-state index < -0.39 is 10.0 Å². The monoisotopic (exact) mass is 391 g/mol. The van der Waals surface area contributed by atoms with Gasteiger partial charge in [0.1, 0.15) is 22.3 Å². The maximum atomic E-state index is 13.2. The lowest BCUT2D eigenvalue weighted by atomic mass is 9.99. The molecule has 1 aromatic heterocycles. The first kappa shape index (κ1) is 18.4. The second-order valence-electron chi connectivity index (χ2n) is 6.97. The molecule has 27 heavy (non-hydrogen) atoms. The van der Waals surface area contributed by atoms with Crippen molar-refractivity contribution >= 4 is 10.0 Å². The summed E-state index contributed by atoms with van der Waals surface area (Å²) < 4.78 is 35.2. The Morgan fingerprint density at radius 1 is 1.19 bits per heavy atom. The zero-order valence-corrected chi connectivity index (χ0v) is 16.3. The van der Waals surface area contributed by atoms with Gasteiger partial charge in [0, 0.05) is 38.5 Å². The fraction of sp³-hybridized carbons (Fsp3) is 0.556. The topological polar surface area (TPSA) is 89.4 Å². The van der Waals surface area contributed by atoms with Crippen molar-refractivity contribution in [2.75, 3.05) is 33.3 Å². The molecule has 0 radical (unpaired) electrons. The SMILES string of the molecule is COc1ccccc1S(=O)(=O)N1CCc2nnc([C@@H]3CCCNC3)n2CC1. The average molecular weight is 391 g/mol. The predicted molar refractivity (Wildman–Crippen MR) is 100 cm³/mol. The third-order valence-corrected chi connectivity index (χ3v) is 7.30. The molecule has 9 heteroatoms. The van der Waals surface area contributed by atoms with Crippen LogP contribution in [0.2, 0.25) is 0 Å². The minimum absolute atomic E-state index is 0.210. The van der Waals surface area contributed by atoms with Crippen LogP contribution >= 0.6 is 0 Å². The van der Waals surface area contributed by atoms with Crippen LogP contribution in [0.4, 0.5) is 0 Å². The lowest BCUT2D eigenvalue weighted by molar-refractivity contribution is 0.385. The first-order valence-corrected chi connectivity index (χ1v) is 10.8. The quantitative estimate of drug-likeness (QED) is 0.836. The number of piperidine rings is 1. The summed E-state index contributed by atoms with van der Waals surface area (Å²) in [6, 6.07) is 6.76. The van der Waals surface area contributed by atoms with Crippen LogP contribution in [0.5, 0.6) is 5.75 Å². The number of benzene rings is 1. The number of para-hydroxylation sites is 1. The van der Waals surface area contributed by atoms with E-state index in [4.69, 9.17) is 4.74 Å². The van der Waals surface area contributed by atoms with Crippen molar-refractivity contribution in [3.63, 3.8) is 0 Å². The first-order valence-electron chi connectivity index (χ1n) is 9.37. The van der Waals surface area contributed by atoms with E-state index in [1.54, 1.807) is 24.3 Å². The normalized spacial score (nSPS) is 21.4.